The summed E-state index contributed by atoms with van der Waals surface area (Å²) in [6, 6.07) is 3.66. The van der Waals surface area contributed by atoms with E-state index in [9.17, 15) is 22.0 Å². The number of rotatable bonds is 4. The number of pyridine rings is 1. The Morgan fingerprint density at radius 2 is 2.00 bits per heavy atom. The van der Waals surface area contributed by atoms with Gasteiger partial charge in [0, 0.05) is 19.3 Å². The summed E-state index contributed by atoms with van der Waals surface area (Å²) in [6.45, 7) is -1.82. The van der Waals surface area contributed by atoms with E-state index in [-0.39, 0.29) is 11.8 Å². The van der Waals surface area contributed by atoms with Crippen LogP contribution in [0, 0.1) is 0 Å². The Labute approximate surface area is 140 Å². The Bertz CT molecular complexity index is 701. The lowest BCUT2D eigenvalue weighted by Gasteiger charge is -2.33. The van der Waals surface area contributed by atoms with Crippen LogP contribution < -0.4 is 9.64 Å². The molecule has 136 valence electrons. The van der Waals surface area contributed by atoms with Gasteiger partial charge in [-0.3, -0.25) is 4.68 Å². The van der Waals surface area contributed by atoms with Crippen molar-refractivity contribution in [2.75, 3.05) is 18.0 Å². The smallest absolute Gasteiger partial charge is 0.433 e. The van der Waals surface area contributed by atoms with Crippen molar-refractivity contribution in [3.8, 4) is 5.75 Å². The highest BCUT2D eigenvalue weighted by Gasteiger charge is 2.34. The topological polar surface area (TPSA) is 43.2 Å². The number of hydrogen-bond acceptors (Lipinski definition) is 4. The first-order valence-corrected chi connectivity index (χ1v) is 7.61. The van der Waals surface area contributed by atoms with E-state index < -0.39 is 18.5 Å². The highest BCUT2D eigenvalue weighted by Crippen LogP contribution is 2.30. The van der Waals surface area contributed by atoms with Gasteiger partial charge in [-0.15, -0.1) is 0 Å². The molecule has 2 aromatic heterocycles. The standard InChI is InChI=1S/C15H15F5N4O/c16-14(17)25-11-3-4-13(21-8-11)23-6-1-2-10(9-23)24-7-5-12(22-24)15(18,19)20/h3-5,7-8,10,14H,1-2,6,9H2. The first kappa shape index (κ1) is 17.4. The zero-order chi connectivity index (χ0) is 18.0. The second-order valence-corrected chi connectivity index (χ2v) is 5.65. The van der Waals surface area contributed by atoms with Gasteiger partial charge >= 0.3 is 12.8 Å². The Balaban J connectivity index is 1.69. The molecule has 1 aliphatic heterocycles. The quantitative estimate of drug-likeness (QED) is 0.778. The molecule has 3 rings (SSSR count). The average molecular weight is 362 g/mol. The number of piperidine rings is 1. The number of anilines is 1. The van der Waals surface area contributed by atoms with E-state index in [1.807, 2.05) is 4.90 Å². The molecule has 3 heterocycles. The zero-order valence-corrected chi connectivity index (χ0v) is 13.0. The third-order valence-electron chi connectivity index (χ3n) is 3.94. The van der Waals surface area contributed by atoms with Crippen molar-refractivity contribution in [3.05, 3.63) is 36.3 Å². The van der Waals surface area contributed by atoms with Crippen LogP contribution in [-0.2, 0) is 6.18 Å². The molecule has 25 heavy (non-hydrogen) atoms. The van der Waals surface area contributed by atoms with E-state index in [2.05, 4.69) is 14.8 Å². The van der Waals surface area contributed by atoms with Crippen LogP contribution >= 0.6 is 0 Å². The minimum Gasteiger partial charge on any atom is -0.433 e. The van der Waals surface area contributed by atoms with E-state index >= 15 is 0 Å². The van der Waals surface area contributed by atoms with Crippen LogP contribution in [0.3, 0.4) is 0 Å². The van der Waals surface area contributed by atoms with Crippen LogP contribution in [0.1, 0.15) is 24.6 Å². The van der Waals surface area contributed by atoms with E-state index in [0.29, 0.717) is 25.3 Å². The van der Waals surface area contributed by atoms with E-state index in [0.717, 1.165) is 12.5 Å². The number of nitrogens with zero attached hydrogens (tertiary/aromatic N) is 4. The van der Waals surface area contributed by atoms with Crippen molar-refractivity contribution in [1.82, 2.24) is 14.8 Å². The number of alkyl halides is 5. The molecule has 0 N–H and O–H groups in total. The molecule has 0 saturated carbocycles. The second-order valence-electron chi connectivity index (χ2n) is 5.65. The summed E-state index contributed by atoms with van der Waals surface area (Å²) in [4.78, 5) is 5.97. The van der Waals surface area contributed by atoms with Crippen molar-refractivity contribution in [3.63, 3.8) is 0 Å². The third-order valence-corrected chi connectivity index (χ3v) is 3.94. The summed E-state index contributed by atoms with van der Waals surface area (Å²) in [7, 11) is 0. The summed E-state index contributed by atoms with van der Waals surface area (Å²) in [6.07, 6.45) is -0.503. The van der Waals surface area contributed by atoms with Crippen LogP contribution in [-0.4, -0.2) is 34.5 Å². The lowest BCUT2D eigenvalue weighted by atomic mass is 10.1. The number of hydrogen-bond donors (Lipinski definition) is 0. The minimum atomic E-state index is -4.47. The van der Waals surface area contributed by atoms with Gasteiger partial charge in [-0.25, -0.2) is 4.98 Å². The molecule has 0 amide bonds. The molecule has 1 aliphatic rings. The maximum atomic E-state index is 12.7. The summed E-state index contributed by atoms with van der Waals surface area (Å²) in [5.41, 5.74) is -0.920. The van der Waals surface area contributed by atoms with Gasteiger partial charge in [0.1, 0.15) is 11.6 Å². The van der Waals surface area contributed by atoms with Crippen molar-refractivity contribution in [2.24, 2.45) is 0 Å². The molecule has 1 unspecified atom stereocenters. The largest absolute Gasteiger partial charge is 0.435 e. The number of halogens is 5. The van der Waals surface area contributed by atoms with E-state index in [1.165, 1.54) is 23.1 Å². The molecule has 1 atom stereocenters. The molecule has 0 bridgehead atoms. The Morgan fingerprint density at radius 3 is 2.60 bits per heavy atom. The molecule has 1 saturated heterocycles. The first-order valence-electron chi connectivity index (χ1n) is 7.61. The fourth-order valence-electron chi connectivity index (χ4n) is 2.80. The Hall–Kier alpha value is -2.39. The summed E-state index contributed by atoms with van der Waals surface area (Å²) in [5.74, 6) is 0.503. The van der Waals surface area contributed by atoms with Crippen molar-refractivity contribution in [1.29, 1.82) is 0 Å². The van der Waals surface area contributed by atoms with Crippen molar-refractivity contribution >= 4 is 5.82 Å². The summed E-state index contributed by atoms with van der Waals surface area (Å²) >= 11 is 0. The van der Waals surface area contributed by atoms with Crippen LogP contribution in [0.5, 0.6) is 5.75 Å². The van der Waals surface area contributed by atoms with Gasteiger partial charge in [0.2, 0.25) is 0 Å². The predicted molar refractivity (Wildman–Crippen MR) is 78.6 cm³/mol. The molecule has 0 spiro atoms. The van der Waals surface area contributed by atoms with Gasteiger partial charge in [-0.05, 0) is 31.0 Å². The molecule has 2 aromatic rings. The van der Waals surface area contributed by atoms with Gasteiger partial charge in [0.05, 0.1) is 12.2 Å². The van der Waals surface area contributed by atoms with Gasteiger partial charge < -0.3 is 9.64 Å². The SMILES string of the molecule is FC(F)Oc1ccc(N2CCCC(n3ccc(C(F)(F)F)n3)C2)nc1. The molecule has 0 aromatic carbocycles. The van der Waals surface area contributed by atoms with E-state index in [1.54, 1.807) is 6.07 Å². The Morgan fingerprint density at radius 1 is 1.20 bits per heavy atom. The van der Waals surface area contributed by atoms with Gasteiger partial charge in [0.25, 0.3) is 0 Å². The average Bonchev–Trinajstić information content (AvgIpc) is 3.05. The molecular formula is C15H15F5N4O. The van der Waals surface area contributed by atoms with Crippen LogP contribution in [0.15, 0.2) is 30.6 Å². The molecule has 0 radical (unpaired) electrons. The molecular weight excluding hydrogens is 347 g/mol. The van der Waals surface area contributed by atoms with E-state index in [4.69, 9.17) is 0 Å². The lowest BCUT2D eigenvalue weighted by molar-refractivity contribution is -0.141. The summed E-state index contributed by atoms with van der Waals surface area (Å²) < 4.78 is 67.9. The molecule has 0 aliphatic carbocycles. The molecule has 10 heteroatoms. The lowest BCUT2D eigenvalue weighted by Crippen LogP contribution is -2.37. The zero-order valence-electron chi connectivity index (χ0n) is 13.0. The molecule has 5 nitrogen and oxygen atoms in total. The number of aromatic nitrogens is 3. The van der Waals surface area contributed by atoms with Crippen LogP contribution in [0.4, 0.5) is 27.8 Å². The highest BCUT2D eigenvalue weighted by molar-refractivity contribution is 5.41. The van der Waals surface area contributed by atoms with Crippen LogP contribution in [0.2, 0.25) is 0 Å². The third kappa shape index (κ3) is 4.18. The van der Waals surface area contributed by atoms with Crippen LogP contribution in [0.25, 0.3) is 0 Å². The molecule has 1 fully saturated rings. The monoisotopic (exact) mass is 362 g/mol. The van der Waals surface area contributed by atoms with Gasteiger partial charge in [-0.1, -0.05) is 0 Å². The number of ether oxygens (including phenoxy) is 1. The van der Waals surface area contributed by atoms with Gasteiger partial charge in [0.15, 0.2) is 5.69 Å². The predicted octanol–water partition coefficient (Wildman–Crippen LogP) is 3.74. The first-order chi connectivity index (χ1) is 11.8. The fraction of sp³-hybridized carbons (Fsp3) is 0.467. The van der Waals surface area contributed by atoms with Gasteiger partial charge in [-0.2, -0.15) is 27.1 Å². The normalized spacial score (nSPS) is 18.6. The van der Waals surface area contributed by atoms with Crippen molar-refractivity contribution < 1.29 is 26.7 Å². The van der Waals surface area contributed by atoms with Crippen molar-refractivity contribution in [2.45, 2.75) is 31.7 Å². The summed E-state index contributed by atoms with van der Waals surface area (Å²) in [5, 5.41) is 3.62. The maximum absolute atomic E-state index is 12.7. The second kappa shape index (κ2) is 6.85. The minimum absolute atomic E-state index is 0.0470. The fourth-order valence-corrected chi connectivity index (χ4v) is 2.80. The maximum Gasteiger partial charge on any atom is 0.435 e. The highest BCUT2D eigenvalue weighted by atomic mass is 19.4. The Kier molecular flexibility index (Phi) is 4.78.